The average molecular weight is 570 g/mol. The predicted octanol–water partition coefficient (Wildman–Crippen LogP) is 4.50. The summed E-state index contributed by atoms with van der Waals surface area (Å²) in [5.41, 5.74) is 1.61. The van der Waals surface area contributed by atoms with Gasteiger partial charge in [0.25, 0.3) is 0 Å². The van der Waals surface area contributed by atoms with Gasteiger partial charge in [0, 0.05) is 63.5 Å². The van der Waals surface area contributed by atoms with Crippen molar-refractivity contribution in [2.75, 3.05) is 31.7 Å². The molecule has 192 valence electrons. The van der Waals surface area contributed by atoms with Gasteiger partial charge in [-0.1, -0.05) is 36.2 Å². The number of carboxylic acids is 1. The van der Waals surface area contributed by atoms with Crippen LogP contribution in [0.4, 0.5) is 0 Å². The Morgan fingerprint density at radius 2 is 2.17 bits per heavy atom. The number of carbonyl (C=O) groups is 2. The van der Waals surface area contributed by atoms with Gasteiger partial charge in [-0.25, -0.2) is 9.78 Å². The summed E-state index contributed by atoms with van der Waals surface area (Å²) in [6, 6.07) is 4.41. The normalized spacial score (nSPS) is 21.5. The van der Waals surface area contributed by atoms with Crippen molar-refractivity contribution in [2.24, 2.45) is 10.9 Å². The Bertz CT molecular complexity index is 1190. The van der Waals surface area contributed by atoms with Crippen molar-refractivity contribution in [3.05, 3.63) is 61.7 Å². The number of aliphatic imine (C=N–C) groups is 1. The fraction of sp³-hybridized carbons (Fsp3) is 0.417. The first kappa shape index (κ1) is 26.9. The second kappa shape index (κ2) is 12.0. The second-order valence-electron chi connectivity index (χ2n) is 8.57. The minimum absolute atomic E-state index is 0.0443. The summed E-state index contributed by atoms with van der Waals surface area (Å²) in [5, 5.41) is 16.2. The van der Waals surface area contributed by atoms with Gasteiger partial charge in [-0.2, -0.15) is 11.8 Å². The van der Waals surface area contributed by atoms with E-state index in [9.17, 15) is 14.7 Å². The van der Waals surface area contributed by atoms with Crippen LogP contribution in [-0.4, -0.2) is 70.5 Å². The molecule has 8 nitrogen and oxygen atoms in total. The summed E-state index contributed by atoms with van der Waals surface area (Å²) in [5.74, 6) is 0.462. The van der Waals surface area contributed by atoms with Gasteiger partial charge in [0.1, 0.15) is 6.04 Å². The molecule has 2 N–H and O–H groups in total. The van der Waals surface area contributed by atoms with E-state index in [2.05, 4.69) is 15.2 Å². The number of amidine groups is 1. The van der Waals surface area contributed by atoms with E-state index in [1.165, 1.54) is 18.4 Å². The lowest BCUT2D eigenvalue weighted by molar-refractivity contribution is -0.141. The zero-order chi connectivity index (χ0) is 25.8. The van der Waals surface area contributed by atoms with E-state index < -0.39 is 23.9 Å². The summed E-state index contributed by atoms with van der Waals surface area (Å²) in [4.78, 5) is 36.1. The standard InChI is InChI=1S/C24H26Cl2N4O4S2/c1-13(23(31)32)9-15-12-35-8-6-30(15)11-18-19(24(33)34-2)20(16-4-3-14(25)10-17(16)26)29-21(28-18)22-27-5-7-36-22/h3-5,7,10,13,15,20H,6,8-9,11-12H2,1-2H3,(H,28,29)(H,31,32)/t13?,15-,20+/m1/s1. The molecule has 0 aliphatic carbocycles. The first-order chi connectivity index (χ1) is 17.3. The van der Waals surface area contributed by atoms with Crippen LogP contribution in [-0.2, 0) is 14.3 Å². The average Bonchev–Trinajstić information content (AvgIpc) is 3.39. The third-order valence-corrected chi connectivity index (χ3v) is 8.62. The SMILES string of the molecule is COC(=O)C1=C(CN2CCSC[C@H]2CC(C)C(=O)O)NC(c2nccs2)=N[C@H]1c1ccc(Cl)cc1Cl. The maximum atomic E-state index is 13.2. The topological polar surface area (TPSA) is 104 Å². The molecule has 0 radical (unpaired) electrons. The monoisotopic (exact) mass is 568 g/mol. The summed E-state index contributed by atoms with van der Waals surface area (Å²) in [6.07, 6.45) is 2.21. The third-order valence-electron chi connectivity index (χ3n) is 6.18. The number of aliphatic carboxylic acids is 1. The number of carbonyl (C=O) groups excluding carboxylic acids is 1. The van der Waals surface area contributed by atoms with E-state index in [4.69, 9.17) is 32.9 Å². The molecule has 1 aromatic heterocycles. The van der Waals surface area contributed by atoms with Crippen LogP contribution in [0.25, 0.3) is 0 Å². The van der Waals surface area contributed by atoms with Crippen molar-refractivity contribution in [2.45, 2.75) is 25.4 Å². The number of nitrogens with zero attached hydrogens (tertiary/aromatic N) is 3. The van der Waals surface area contributed by atoms with Gasteiger partial charge in [0.2, 0.25) is 0 Å². The molecule has 4 rings (SSSR count). The van der Waals surface area contributed by atoms with Gasteiger partial charge < -0.3 is 15.2 Å². The maximum absolute atomic E-state index is 13.2. The summed E-state index contributed by atoms with van der Waals surface area (Å²) >= 11 is 15.9. The van der Waals surface area contributed by atoms with Gasteiger partial charge in [0.15, 0.2) is 10.8 Å². The van der Waals surface area contributed by atoms with Crippen LogP contribution in [0.5, 0.6) is 0 Å². The predicted molar refractivity (Wildman–Crippen MR) is 144 cm³/mol. The molecular formula is C24H26Cl2N4O4S2. The molecule has 1 aromatic carbocycles. The highest BCUT2D eigenvalue weighted by molar-refractivity contribution is 7.99. The van der Waals surface area contributed by atoms with Gasteiger partial charge in [0.05, 0.1) is 18.6 Å². The van der Waals surface area contributed by atoms with Crippen LogP contribution in [0, 0.1) is 5.92 Å². The van der Waals surface area contributed by atoms with Gasteiger partial charge in [-0.05, 0) is 18.6 Å². The van der Waals surface area contributed by atoms with Crippen LogP contribution < -0.4 is 5.32 Å². The smallest absolute Gasteiger partial charge is 0.338 e. The van der Waals surface area contributed by atoms with Gasteiger partial charge in [-0.15, -0.1) is 11.3 Å². The molecule has 0 spiro atoms. The van der Waals surface area contributed by atoms with Crippen LogP contribution in [0.15, 0.2) is 46.0 Å². The maximum Gasteiger partial charge on any atom is 0.338 e. The summed E-state index contributed by atoms with van der Waals surface area (Å²) in [7, 11) is 1.34. The molecule has 0 bridgehead atoms. The minimum atomic E-state index is -0.814. The van der Waals surface area contributed by atoms with Gasteiger partial charge >= 0.3 is 11.9 Å². The number of hydrogen-bond acceptors (Lipinski definition) is 9. The van der Waals surface area contributed by atoms with Crippen molar-refractivity contribution < 1.29 is 19.4 Å². The van der Waals surface area contributed by atoms with Crippen LogP contribution in [0.1, 0.15) is 30.0 Å². The minimum Gasteiger partial charge on any atom is -0.481 e. The molecule has 1 fully saturated rings. The van der Waals surface area contributed by atoms with Crippen LogP contribution >= 0.6 is 46.3 Å². The van der Waals surface area contributed by atoms with Gasteiger partial charge in [-0.3, -0.25) is 14.7 Å². The Balaban J connectivity index is 1.77. The van der Waals surface area contributed by atoms with Crippen molar-refractivity contribution in [1.29, 1.82) is 0 Å². The first-order valence-corrected chi connectivity index (χ1v) is 14.1. The zero-order valence-electron chi connectivity index (χ0n) is 19.7. The number of esters is 1. The van der Waals surface area contributed by atoms with Crippen LogP contribution in [0.3, 0.4) is 0 Å². The highest BCUT2D eigenvalue weighted by Crippen LogP contribution is 2.38. The number of thioether (sulfide) groups is 1. The van der Waals surface area contributed by atoms with E-state index in [1.54, 1.807) is 31.3 Å². The molecule has 3 heterocycles. The fourth-order valence-electron chi connectivity index (χ4n) is 4.29. The highest BCUT2D eigenvalue weighted by atomic mass is 35.5. The number of methoxy groups -OCH3 is 1. The molecule has 0 amide bonds. The molecule has 2 aliphatic heterocycles. The molecule has 3 atom stereocenters. The fourth-order valence-corrected chi connectivity index (χ4v) is 6.54. The Morgan fingerprint density at radius 1 is 1.36 bits per heavy atom. The lowest BCUT2D eigenvalue weighted by Crippen LogP contribution is -2.47. The number of thiazole rings is 1. The largest absolute Gasteiger partial charge is 0.481 e. The molecule has 1 unspecified atom stereocenters. The third kappa shape index (κ3) is 6.06. The molecule has 36 heavy (non-hydrogen) atoms. The number of rotatable bonds is 8. The van der Waals surface area contributed by atoms with Crippen molar-refractivity contribution in [3.8, 4) is 0 Å². The number of ether oxygens (including phenoxy) is 1. The number of carboxylic acid groups (broad SMARTS) is 1. The number of hydrogen-bond donors (Lipinski definition) is 2. The van der Waals surface area contributed by atoms with E-state index in [0.717, 1.165) is 18.1 Å². The lowest BCUT2D eigenvalue weighted by Gasteiger charge is -2.38. The quantitative estimate of drug-likeness (QED) is 0.448. The van der Waals surface area contributed by atoms with Crippen molar-refractivity contribution in [3.63, 3.8) is 0 Å². The second-order valence-corrected chi connectivity index (χ2v) is 11.5. The molecule has 0 saturated carbocycles. The van der Waals surface area contributed by atoms with E-state index >= 15 is 0 Å². The Labute approximate surface area is 227 Å². The zero-order valence-corrected chi connectivity index (χ0v) is 22.9. The molecular weight excluding hydrogens is 543 g/mol. The Kier molecular flexibility index (Phi) is 8.95. The number of halogens is 2. The number of benzene rings is 1. The molecule has 2 aromatic rings. The summed E-state index contributed by atoms with van der Waals surface area (Å²) < 4.78 is 5.18. The first-order valence-electron chi connectivity index (χ1n) is 11.3. The van der Waals surface area contributed by atoms with Crippen molar-refractivity contribution >= 4 is 64.1 Å². The van der Waals surface area contributed by atoms with E-state index in [-0.39, 0.29) is 6.04 Å². The molecule has 2 aliphatic rings. The van der Waals surface area contributed by atoms with E-state index in [0.29, 0.717) is 50.7 Å². The number of nitrogens with one attached hydrogen (secondary N) is 1. The summed E-state index contributed by atoms with van der Waals surface area (Å²) in [6.45, 7) is 2.88. The Morgan fingerprint density at radius 3 is 2.83 bits per heavy atom. The molecule has 12 heteroatoms. The number of aromatic nitrogens is 1. The Hall–Kier alpha value is -2.11. The highest BCUT2D eigenvalue weighted by Gasteiger charge is 2.36. The lowest BCUT2D eigenvalue weighted by atomic mass is 9.94. The molecule has 1 saturated heterocycles. The van der Waals surface area contributed by atoms with E-state index in [1.807, 2.05) is 17.1 Å². The van der Waals surface area contributed by atoms with Crippen molar-refractivity contribution in [1.82, 2.24) is 15.2 Å². The van der Waals surface area contributed by atoms with Crippen LogP contribution in [0.2, 0.25) is 10.0 Å².